The van der Waals surface area contributed by atoms with Crippen LogP contribution in [-0.4, -0.2) is 19.9 Å². The van der Waals surface area contributed by atoms with Crippen LogP contribution in [-0.2, 0) is 0 Å². The van der Waals surface area contributed by atoms with E-state index in [-0.39, 0.29) is 0 Å². The van der Waals surface area contributed by atoms with Gasteiger partial charge in [-0.1, -0.05) is 146 Å². The van der Waals surface area contributed by atoms with Crippen molar-refractivity contribution < 1.29 is 4.42 Å². The molecule has 0 radical (unpaired) electrons. The third-order valence-corrected chi connectivity index (χ3v) is 10.3. The minimum absolute atomic E-state index is 0.636. The molecule has 0 unspecified atom stereocenters. The number of benzene rings is 6. The smallest absolute Gasteiger partial charge is 0.164 e. The fourth-order valence-electron chi connectivity index (χ4n) is 6.68. The Kier molecular flexibility index (Phi) is 6.60. The number of fused-ring (bicyclic) bond motifs is 7. The zero-order valence-corrected chi connectivity index (χ0v) is 27.4. The van der Waals surface area contributed by atoms with E-state index in [1.807, 2.05) is 72.8 Å². The molecule has 0 aliphatic heterocycles. The molecule has 0 atom stereocenters. The van der Waals surface area contributed by atoms with E-state index in [1.54, 1.807) is 11.3 Å². The first-order chi connectivity index (χ1) is 24.8. The Morgan fingerprint density at radius 1 is 0.400 bits per heavy atom. The van der Waals surface area contributed by atoms with E-state index >= 15 is 0 Å². The molecular formula is C44H26N4OS. The van der Waals surface area contributed by atoms with Crippen LogP contribution in [0, 0.1) is 0 Å². The molecule has 0 bridgehead atoms. The second kappa shape index (κ2) is 11.6. The van der Waals surface area contributed by atoms with Crippen LogP contribution < -0.4 is 0 Å². The lowest BCUT2D eigenvalue weighted by atomic mass is 10.0. The molecule has 0 aliphatic carbocycles. The average Bonchev–Trinajstić information content (AvgIpc) is 3.77. The number of para-hydroxylation sites is 1. The highest BCUT2D eigenvalue weighted by Crippen LogP contribution is 2.44. The van der Waals surface area contributed by atoms with Gasteiger partial charge >= 0.3 is 0 Å². The second-order valence-corrected chi connectivity index (χ2v) is 13.3. The first-order valence-electron chi connectivity index (χ1n) is 16.5. The van der Waals surface area contributed by atoms with Gasteiger partial charge in [-0.25, -0.2) is 19.9 Å². The zero-order valence-electron chi connectivity index (χ0n) is 26.6. The van der Waals surface area contributed by atoms with E-state index in [2.05, 4.69) is 84.9 Å². The number of hydrogen-bond acceptors (Lipinski definition) is 6. The Bertz CT molecular complexity index is 2790. The molecule has 4 aromatic heterocycles. The summed E-state index contributed by atoms with van der Waals surface area (Å²) in [6.45, 7) is 0. The third kappa shape index (κ3) is 4.77. The highest BCUT2D eigenvalue weighted by atomic mass is 32.1. The van der Waals surface area contributed by atoms with Gasteiger partial charge in [0.25, 0.3) is 0 Å². The van der Waals surface area contributed by atoms with Gasteiger partial charge in [0.1, 0.15) is 11.3 Å². The van der Waals surface area contributed by atoms with Crippen molar-refractivity contribution in [2.24, 2.45) is 0 Å². The molecule has 0 amide bonds. The molecule has 234 valence electrons. The van der Waals surface area contributed by atoms with Crippen LogP contribution in [0.3, 0.4) is 0 Å². The van der Waals surface area contributed by atoms with E-state index in [4.69, 9.17) is 24.4 Å². The number of rotatable bonds is 5. The minimum Gasteiger partial charge on any atom is -0.454 e. The van der Waals surface area contributed by atoms with Crippen LogP contribution in [0.1, 0.15) is 0 Å². The maximum atomic E-state index is 6.51. The molecule has 0 saturated carbocycles. The van der Waals surface area contributed by atoms with E-state index < -0.39 is 0 Å². The maximum Gasteiger partial charge on any atom is 0.164 e. The summed E-state index contributed by atoms with van der Waals surface area (Å²) in [5.74, 6) is 1.93. The van der Waals surface area contributed by atoms with Gasteiger partial charge in [0.15, 0.2) is 23.1 Å². The Hall–Kier alpha value is -6.50. The molecule has 0 N–H and O–H groups in total. The van der Waals surface area contributed by atoms with Crippen molar-refractivity contribution in [2.45, 2.75) is 0 Å². The largest absolute Gasteiger partial charge is 0.454 e. The molecule has 0 spiro atoms. The number of furan rings is 1. The van der Waals surface area contributed by atoms with Gasteiger partial charge in [-0.3, -0.25) is 0 Å². The molecule has 0 aliphatic rings. The van der Waals surface area contributed by atoms with Crippen LogP contribution >= 0.6 is 11.3 Å². The van der Waals surface area contributed by atoms with E-state index in [0.29, 0.717) is 17.5 Å². The monoisotopic (exact) mass is 658 g/mol. The SMILES string of the molecule is c1ccc(-c2nc(-c3ccccc3)nc(-c3ccc(-c4ccc(-c5nc6c7ccccc7sc6c6c5oc5ccccc56)cc4)cc3)n2)cc1. The van der Waals surface area contributed by atoms with Crippen LogP contribution in [0.4, 0.5) is 0 Å². The van der Waals surface area contributed by atoms with Crippen molar-refractivity contribution in [3.05, 3.63) is 158 Å². The number of nitrogens with zero attached hydrogens (tertiary/aromatic N) is 4. The van der Waals surface area contributed by atoms with Gasteiger partial charge in [-0.2, -0.15) is 0 Å². The summed E-state index contributed by atoms with van der Waals surface area (Å²) in [6, 6.07) is 53.8. The average molecular weight is 659 g/mol. The summed E-state index contributed by atoms with van der Waals surface area (Å²) in [4.78, 5) is 19.9. The molecule has 6 heteroatoms. The summed E-state index contributed by atoms with van der Waals surface area (Å²) in [5.41, 5.74) is 9.61. The molecular weight excluding hydrogens is 633 g/mol. The topological polar surface area (TPSA) is 64.7 Å². The number of thiophene rings is 1. The predicted molar refractivity (Wildman–Crippen MR) is 205 cm³/mol. The highest BCUT2D eigenvalue weighted by molar-refractivity contribution is 7.26. The van der Waals surface area contributed by atoms with Gasteiger partial charge < -0.3 is 4.42 Å². The van der Waals surface area contributed by atoms with Gasteiger partial charge in [-0.15, -0.1) is 11.3 Å². The van der Waals surface area contributed by atoms with Gasteiger partial charge in [0.2, 0.25) is 0 Å². The lowest BCUT2D eigenvalue weighted by molar-refractivity contribution is 0.669. The van der Waals surface area contributed by atoms with Crippen molar-refractivity contribution in [1.29, 1.82) is 0 Å². The molecule has 50 heavy (non-hydrogen) atoms. The van der Waals surface area contributed by atoms with Gasteiger partial charge in [0.05, 0.1) is 10.2 Å². The summed E-state index contributed by atoms with van der Waals surface area (Å²) < 4.78 is 8.90. The molecule has 6 aromatic carbocycles. The van der Waals surface area contributed by atoms with Crippen molar-refractivity contribution in [3.8, 4) is 56.5 Å². The Morgan fingerprint density at radius 3 is 1.50 bits per heavy atom. The van der Waals surface area contributed by atoms with Gasteiger partial charge in [0, 0.05) is 43.1 Å². The first-order valence-corrected chi connectivity index (χ1v) is 17.3. The standard InChI is InChI=1S/C44H26N4OS/c1-3-11-30(12-4-1)42-46-43(31-13-5-2-6-14-31)48-44(47-42)32-25-21-28(22-26-32)27-19-23-29(24-20-27)38-40-37(33-15-7-9-17-35(33)49-40)41-39(45-38)34-16-8-10-18-36(34)50-41/h1-26H. The van der Waals surface area contributed by atoms with Gasteiger partial charge in [-0.05, 0) is 23.3 Å². The highest BCUT2D eigenvalue weighted by Gasteiger charge is 2.21. The van der Waals surface area contributed by atoms with Crippen molar-refractivity contribution in [2.75, 3.05) is 0 Å². The zero-order chi connectivity index (χ0) is 33.0. The Morgan fingerprint density at radius 2 is 0.880 bits per heavy atom. The third-order valence-electron chi connectivity index (χ3n) is 9.16. The van der Waals surface area contributed by atoms with Crippen LogP contribution in [0.15, 0.2) is 162 Å². The molecule has 10 aromatic rings. The number of pyridine rings is 1. The fourth-order valence-corrected chi connectivity index (χ4v) is 7.88. The second-order valence-electron chi connectivity index (χ2n) is 12.2. The van der Waals surface area contributed by atoms with Crippen LogP contribution in [0.25, 0.3) is 98.8 Å². The first kappa shape index (κ1) is 28.5. The van der Waals surface area contributed by atoms with Crippen LogP contribution in [0.2, 0.25) is 0 Å². The summed E-state index contributed by atoms with van der Waals surface area (Å²) in [6.07, 6.45) is 0. The summed E-state index contributed by atoms with van der Waals surface area (Å²) in [5, 5.41) is 3.41. The van der Waals surface area contributed by atoms with Crippen LogP contribution in [0.5, 0.6) is 0 Å². The van der Waals surface area contributed by atoms with E-state index in [0.717, 1.165) is 71.2 Å². The quantitative estimate of drug-likeness (QED) is 0.184. The lowest BCUT2D eigenvalue weighted by Crippen LogP contribution is -2.00. The van der Waals surface area contributed by atoms with Crippen molar-refractivity contribution >= 4 is 53.6 Å². The van der Waals surface area contributed by atoms with E-state index in [1.165, 1.54) is 10.1 Å². The molecule has 0 fully saturated rings. The minimum atomic E-state index is 0.636. The van der Waals surface area contributed by atoms with Crippen molar-refractivity contribution in [1.82, 2.24) is 19.9 Å². The Labute approximate surface area is 291 Å². The fraction of sp³-hybridized carbons (Fsp3) is 0. The normalized spacial score (nSPS) is 11.6. The van der Waals surface area contributed by atoms with Crippen molar-refractivity contribution in [3.63, 3.8) is 0 Å². The number of hydrogen-bond donors (Lipinski definition) is 0. The maximum absolute atomic E-state index is 6.51. The molecule has 4 heterocycles. The number of aromatic nitrogens is 4. The Balaban J connectivity index is 1.03. The lowest BCUT2D eigenvalue weighted by Gasteiger charge is -2.09. The van der Waals surface area contributed by atoms with E-state index in [9.17, 15) is 0 Å². The molecule has 0 saturated heterocycles. The molecule has 10 rings (SSSR count). The molecule has 5 nitrogen and oxygen atoms in total. The summed E-state index contributed by atoms with van der Waals surface area (Å²) >= 11 is 1.78. The predicted octanol–water partition coefficient (Wildman–Crippen LogP) is 11.9. The summed E-state index contributed by atoms with van der Waals surface area (Å²) in [7, 11) is 0.